The summed E-state index contributed by atoms with van der Waals surface area (Å²) in [4.78, 5) is 13.8. The number of nitro benzene ring substituents is 1. The van der Waals surface area contributed by atoms with Crippen LogP contribution in [0.2, 0.25) is 0 Å². The lowest BCUT2D eigenvalue weighted by Crippen LogP contribution is -1.95. The van der Waals surface area contributed by atoms with Crippen LogP contribution >= 0.6 is 0 Å². The number of nitro groups is 1. The first-order valence-electron chi connectivity index (χ1n) is 5.52. The van der Waals surface area contributed by atoms with Crippen LogP contribution in [-0.2, 0) is 0 Å². The third kappa shape index (κ3) is 2.85. The fraction of sp³-hybridized carbons (Fsp3) is 0.154. The maximum absolute atomic E-state index is 12.9. The highest BCUT2D eigenvalue weighted by molar-refractivity contribution is 5.50. The molecule has 0 fully saturated rings. The Balaban J connectivity index is 2.36. The van der Waals surface area contributed by atoms with Crippen molar-refractivity contribution < 1.29 is 14.1 Å². The van der Waals surface area contributed by atoms with Crippen molar-refractivity contribution in [3.8, 4) is 11.5 Å². The lowest BCUT2D eigenvalue weighted by Gasteiger charge is -2.09. The zero-order valence-corrected chi connectivity index (χ0v) is 10.4. The molecule has 0 radical (unpaired) electrons. The number of rotatable bonds is 3. The minimum Gasteiger partial charge on any atom is -0.457 e. The first-order chi connectivity index (χ1) is 8.97. The second kappa shape index (κ2) is 5.01. The third-order valence-electron chi connectivity index (χ3n) is 2.62. The monoisotopic (exact) mass is 262 g/mol. The van der Waals surface area contributed by atoms with Gasteiger partial charge in [-0.3, -0.25) is 10.1 Å². The van der Waals surface area contributed by atoms with E-state index in [1.807, 2.05) is 0 Å². The van der Waals surface area contributed by atoms with Crippen LogP contribution in [0.1, 0.15) is 11.1 Å². The molecule has 5 nitrogen and oxygen atoms in total. The quantitative estimate of drug-likeness (QED) is 0.482. The van der Waals surface area contributed by atoms with Gasteiger partial charge in [0.2, 0.25) is 5.95 Å². The van der Waals surface area contributed by atoms with E-state index in [2.05, 4.69) is 4.98 Å². The first-order valence-corrected chi connectivity index (χ1v) is 5.52. The molecule has 0 saturated carbocycles. The summed E-state index contributed by atoms with van der Waals surface area (Å²) >= 11 is 0. The lowest BCUT2D eigenvalue weighted by molar-refractivity contribution is -0.385. The fourth-order valence-corrected chi connectivity index (χ4v) is 1.66. The number of halogens is 1. The van der Waals surface area contributed by atoms with E-state index in [0.29, 0.717) is 22.6 Å². The minimum atomic E-state index is -0.645. The Morgan fingerprint density at radius 2 is 2.00 bits per heavy atom. The van der Waals surface area contributed by atoms with Gasteiger partial charge < -0.3 is 4.74 Å². The summed E-state index contributed by atoms with van der Waals surface area (Å²) in [5, 5.41) is 10.8. The van der Waals surface area contributed by atoms with E-state index in [9.17, 15) is 14.5 Å². The maximum atomic E-state index is 12.9. The maximum Gasteiger partial charge on any atom is 0.272 e. The minimum absolute atomic E-state index is 0.0331. The molecule has 0 aliphatic rings. The van der Waals surface area contributed by atoms with Gasteiger partial charge in [-0.25, -0.2) is 4.98 Å². The Morgan fingerprint density at radius 1 is 1.26 bits per heavy atom. The molecule has 0 aliphatic carbocycles. The Morgan fingerprint density at radius 3 is 2.63 bits per heavy atom. The van der Waals surface area contributed by atoms with E-state index in [0.717, 1.165) is 6.07 Å². The summed E-state index contributed by atoms with van der Waals surface area (Å²) in [6.45, 7) is 3.32. The van der Waals surface area contributed by atoms with Crippen molar-refractivity contribution in [2.75, 3.05) is 0 Å². The molecule has 98 valence electrons. The molecular weight excluding hydrogens is 251 g/mol. The summed E-state index contributed by atoms with van der Waals surface area (Å²) in [6, 6.07) is 5.66. The van der Waals surface area contributed by atoms with E-state index < -0.39 is 10.9 Å². The van der Waals surface area contributed by atoms with E-state index >= 15 is 0 Å². The number of hydrogen-bond donors (Lipinski definition) is 0. The first kappa shape index (κ1) is 12.9. The van der Waals surface area contributed by atoms with Crippen molar-refractivity contribution in [3.63, 3.8) is 0 Å². The Bertz CT molecular complexity index is 644. The van der Waals surface area contributed by atoms with Crippen LogP contribution in [0.3, 0.4) is 0 Å². The average Bonchev–Trinajstić information content (AvgIpc) is 2.33. The van der Waals surface area contributed by atoms with Gasteiger partial charge in [0.15, 0.2) is 0 Å². The molecule has 1 heterocycles. The van der Waals surface area contributed by atoms with Gasteiger partial charge in [-0.1, -0.05) is 0 Å². The fourth-order valence-electron chi connectivity index (χ4n) is 1.66. The highest BCUT2D eigenvalue weighted by Crippen LogP contribution is 2.30. The van der Waals surface area contributed by atoms with Gasteiger partial charge in [-0.2, -0.15) is 4.39 Å². The van der Waals surface area contributed by atoms with Gasteiger partial charge in [0.1, 0.15) is 11.5 Å². The molecule has 19 heavy (non-hydrogen) atoms. The van der Waals surface area contributed by atoms with Gasteiger partial charge in [-0.05, 0) is 31.5 Å². The largest absolute Gasteiger partial charge is 0.457 e. The summed E-state index contributed by atoms with van der Waals surface area (Å²) in [5.74, 6) is 0.103. The second-order valence-electron chi connectivity index (χ2n) is 4.08. The van der Waals surface area contributed by atoms with Gasteiger partial charge in [0.25, 0.3) is 5.69 Å². The summed E-state index contributed by atoms with van der Waals surface area (Å²) in [6.07, 6.45) is 1.29. The van der Waals surface area contributed by atoms with E-state index in [4.69, 9.17) is 4.74 Å². The summed E-state index contributed by atoms with van der Waals surface area (Å²) < 4.78 is 18.4. The van der Waals surface area contributed by atoms with Crippen LogP contribution in [0.15, 0.2) is 30.5 Å². The highest BCUT2D eigenvalue weighted by Gasteiger charge is 2.14. The van der Waals surface area contributed by atoms with Crippen LogP contribution in [0.5, 0.6) is 11.5 Å². The zero-order chi connectivity index (χ0) is 14.0. The molecule has 1 aromatic heterocycles. The number of pyridine rings is 1. The summed E-state index contributed by atoms with van der Waals surface area (Å²) in [5.41, 5.74) is 1.13. The van der Waals surface area contributed by atoms with E-state index in [-0.39, 0.29) is 5.69 Å². The second-order valence-corrected chi connectivity index (χ2v) is 4.08. The van der Waals surface area contributed by atoms with Gasteiger partial charge in [-0.15, -0.1) is 0 Å². The lowest BCUT2D eigenvalue weighted by atomic mass is 10.1. The van der Waals surface area contributed by atoms with Gasteiger partial charge in [0, 0.05) is 23.9 Å². The van der Waals surface area contributed by atoms with Crippen molar-refractivity contribution in [1.29, 1.82) is 0 Å². The molecule has 0 saturated heterocycles. The number of ether oxygens (including phenoxy) is 1. The van der Waals surface area contributed by atoms with Crippen LogP contribution in [-0.4, -0.2) is 9.91 Å². The topological polar surface area (TPSA) is 65.3 Å². The van der Waals surface area contributed by atoms with Crippen molar-refractivity contribution in [2.24, 2.45) is 0 Å². The molecule has 2 rings (SSSR count). The normalized spacial score (nSPS) is 10.3. The summed E-state index contributed by atoms with van der Waals surface area (Å²) in [7, 11) is 0. The molecule has 0 bridgehead atoms. The number of hydrogen-bond acceptors (Lipinski definition) is 4. The Kier molecular flexibility index (Phi) is 3.41. The van der Waals surface area contributed by atoms with E-state index in [1.165, 1.54) is 18.3 Å². The van der Waals surface area contributed by atoms with Gasteiger partial charge in [0.05, 0.1) is 4.92 Å². The van der Waals surface area contributed by atoms with E-state index in [1.54, 1.807) is 19.9 Å². The van der Waals surface area contributed by atoms with Crippen LogP contribution in [0.25, 0.3) is 0 Å². The average molecular weight is 262 g/mol. The number of nitrogens with zero attached hydrogens (tertiary/aromatic N) is 2. The number of aromatic nitrogens is 1. The zero-order valence-electron chi connectivity index (χ0n) is 10.4. The van der Waals surface area contributed by atoms with Crippen molar-refractivity contribution in [2.45, 2.75) is 13.8 Å². The smallest absolute Gasteiger partial charge is 0.272 e. The van der Waals surface area contributed by atoms with Gasteiger partial charge >= 0.3 is 0 Å². The molecule has 0 spiro atoms. The predicted molar refractivity (Wildman–Crippen MR) is 66.8 cm³/mol. The molecule has 1 aromatic carbocycles. The molecule has 0 atom stereocenters. The van der Waals surface area contributed by atoms with Crippen LogP contribution in [0.4, 0.5) is 10.1 Å². The number of benzene rings is 1. The van der Waals surface area contributed by atoms with Crippen molar-refractivity contribution in [1.82, 2.24) is 4.98 Å². The number of aryl methyl sites for hydroxylation is 2. The van der Waals surface area contributed by atoms with Crippen LogP contribution < -0.4 is 4.74 Å². The highest BCUT2D eigenvalue weighted by atomic mass is 19.1. The standard InChI is InChI=1S/C13H11FN2O3/c1-8-6-12(9(2)5-11(8)16(17)18)19-10-3-4-15-13(14)7-10/h3-7H,1-2H3. The third-order valence-corrected chi connectivity index (χ3v) is 2.62. The van der Waals surface area contributed by atoms with Crippen molar-refractivity contribution in [3.05, 3.63) is 57.7 Å². The molecular formula is C13H11FN2O3. The molecule has 2 aromatic rings. The Hall–Kier alpha value is -2.50. The molecule has 0 N–H and O–H groups in total. The van der Waals surface area contributed by atoms with Crippen LogP contribution in [0, 0.1) is 29.9 Å². The van der Waals surface area contributed by atoms with Crippen molar-refractivity contribution >= 4 is 5.69 Å². The molecule has 0 aliphatic heterocycles. The SMILES string of the molecule is Cc1cc([N+](=O)[O-])c(C)cc1Oc1ccnc(F)c1. The predicted octanol–water partition coefficient (Wildman–Crippen LogP) is 3.54. The Labute approximate surface area is 108 Å². The molecule has 6 heteroatoms. The molecule has 0 amide bonds. The molecule has 0 unspecified atom stereocenters.